The van der Waals surface area contributed by atoms with Crippen molar-refractivity contribution in [2.75, 3.05) is 6.61 Å². The zero-order valence-electron chi connectivity index (χ0n) is 27.1. The number of carbonyl (C=O) groups excluding carboxylic acids is 3. The summed E-state index contributed by atoms with van der Waals surface area (Å²) in [6, 6.07) is 18.0. The van der Waals surface area contributed by atoms with Crippen LogP contribution in [0.5, 0.6) is 0 Å². The average molecular weight is 625 g/mol. The summed E-state index contributed by atoms with van der Waals surface area (Å²) in [4.78, 5) is 37.6. The van der Waals surface area contributed by atoms with Crippen molar-refractivity contribution in [3.05, 3.63) is 71.8 Å². The highest BCUT2D eigenvalue weighted by atomic mass is 16.7. The maximum Gasteiger partial charge on any atom is 0.407 e. The van der Waals surface area contributed by atoms with Crippen LogP contribution in [0.2, 0.25) is 0 Å². The third kappa shape index (κ3) is 9.43. The van der Waals surface area contributed by atoms with E-state index >= 15 is 0 Å². The van der Waals surface area contributed by atoms with E-state index in [1.54, 1.807) is 0 Å². The normalized spacial score (nSPS) is 31.3. The topological polar surface area (TPSA) is 121 Å². The molecule has 1 aliphatic heterocycles. The molecule has 0 spiro atoms. The van der Waals surface area contributed by atoms with E-state index in [0.29, 0.717) is 18.3 Å². The molecule has 2 aromatic carbocycles. The number of amides is 2. The molecule has 10 atom stereocenters. The predicted octanol–water partition coefficient (Wildman–Crippen LogP) is 5.83. The molecule has 10 nitrogen and oxygen atoms in total. The van der Waals surface area contributed by atoms with Gasteiger partial charge in [0.15, 0.2) is 6.29 Å². The molecule has 2 amide bonds. The second-order valence-electron chi connectivity index (χ2n) is 12.6. The van der Waals surface area contributed by atoms with Crippen LogP contribution in [0.3, 0.4) is 0 Å². The Kier molecular flexibility index (Phi) is 12.2. The standard InChI is InChI=1S/C35H48N2O8/c1-21-17-29(36-34(39)42-18-27-13-9-7-10-14-27)32(25(5)22(21)2)45-33-31(24(4)23(3)30(44-33)20-41-26(6)38)37-35(40)43-19-28-15-11-8-12-16-28/h7-16,21-25,29-33H,17-20H2,1-6H3,(H,36,39)(H,37,40)/t21-,22?,23+,24+,25-,29?,30?,31?,32+,33-/m1/s1. The summed E-state index contributed by atoms with van der Waals surface area (Å²) in [7, 11) is 0. The number of benzene rings is 2. The van der Waals surface area contributed by atoms with Crippen LogP contribution in [-0.4, -0.2) is 55.3 Å². The molecule has 2 aliphatic rings. The van der Waals surface area contributed by atoms with E-state index in [1.807, 2.05) is 74.5 Å². The van der Waals surface area contributed by atoms with Gasteiger partial charge in [0.05, 0.1) is 24.3 Å². The smallest absolute Gasteiger partial charge is 0.407 e. The highest BCUT2D eigenvalue weighted by molar-refractivity contribution is 5.68. The van der Waals surface area contributed by atoms with Gasteiger partial charge < -0.3 is 34.3 Å². The van der Waals surface area contributed by atoms with E-state index in [0.717, 1.165) is 11.1 Å². The summed E-state index contributed by atoms with van der Waals surface area (Å²) >= 11 is 0. The monoisotopic (exact) mass is 624 g/mol. The summed E-state index contributed by atoms with van der Waals surface area (Å²) in [5.41, 5.74) is 1.76. The van der Waals surface area contributed by atoms with Crippen LogP contribution in [0.25, 0.3) is 0 Å². The lowest BCUT2D eigenvalue weighted by Crippen LogP contribution is -2.62. The molecular formula is C35H48N2O8. The zero-order chi connectivity index (χ0) is 32.5. The molecule has 0 bridgehead atoms. The molecule has 4 unspecified atom stereocenters. The van der Waals surface area contributed by atoms with Crippen molar-refractivity contribution in [3.8, 4) is 0 Å². The van der Waals surface area contributed by atoms with Crippen molar-refractivity contribution in [3.63, 3.8) is 0 Å². The van der Waals surface area contributed by atoms with Crippen LogP contribution in [-0.2, 0) is 41.7 Å². The number of alkyl carbamates (subject to hydrolysis) is 2. The van der Waals surface area contributed by atoms with E-state index in [4.69, 9.17) is 23.7 Å². The Morgan fingerprint density at radius 2 is 1.29 bits per heavy atom. The second-order valence-corrected chi connectivity index (χ2v) is 12.6. The van der Waals surface area contributed by atoms with Gasteiger partial charge in [-0.3, -0.25) is 4.79 Å². The van der Waals surface area contributed by atoms with Crippen LogP contribution >= 0.6 is 0 Å². The van der Waals surface area contributed by atoms with Crippen molar-refractivity contribution in [2.24, 2.45) is 29.6 Å². The molecule has 10 heteroatoms. The zero-order valence-corrected chi connectivity index (χ0v) is 27.1. The Labute approximate surface area is 266 Å². The van der Waals surface area contributed by atoms with Crippen molar-refractivity contribution < 1.29 is 38.1 Å². The molecule has 2 fully saturated rings. The Bertz CT molecular complexity index is 1240. The fourth-order valence-corrected chi connectivity index (χ4v) is 6.27. The first kappa shape index (κ1) is 34.2. The number of nitrogens with one attached hydrogen (secondary N) is 2. The molecule has 0 radical (unpaired) electrons. The summed E-state index contributed by atoms with van der Waals surface area (Å²) in [6.07, 6.45) is -2.21. The molecule has 1 heterocycles. The van der Waals surface area contributed by atoms with Gasteiger partial charge in [-0.2, -0.15) is 0 Å². The molecule has 4 rings (SSSR count). The molecule has 0 aromatic heterocycles. The minimum absolute atomic E-state index is 0.0454. The van der Waals surface area contributed by atoms with Gasteiger partial charge in [-0.1, -0.05) is 95.3 Å². The van der Waals surface area contributed by atoms with E-state index in [2.05, 4.69) is 31.4 Å². The van der Waals surface area contributed by atoms with Gasteiger partial charge in [0.2, 0.25) is 0 Å². The molecular weight excluding hydrogens is 576 g/mol. The van der Waals surface area contributed by atoms with Gasteiger partial charge in [0, 0.05) is 6.92 Å². The van der Waals surface area contributed by atoms with E-state index in [9.17, 15) is 14.4 Å². The molecule has 45 heavy (non-hydrogen) atoms. The number of carbonyl (C=O) groups is 3. The first-order valence-corrected chi connectivity index (χ1v) is 15.9. The Morgan fingerprint density at radius 1 is 0.733 bits per heavy atom. The number of ether oxygens (including phenoxy) is 5. The highest BCUT2D eigenvalue weighted by Gasteiger charge is 2.48. The van der Waals surface area contributed by atoms with Crippen LogP contribution in [0.15, 0.2) is 60.7 Å². The van der Waals surface area contributed by atoms with Crippen molar-refractivity contribution in [2.45, 2.75) is 91.8 Å². The van der Waals surface area contributed by atoms with Gasteiger partial charge in [0.1, 0.15) is 19.8 Å². The number of hydrogen-bond donors (Lipinski definition) is 2. The van der Waals surface area contributed by atoms with Gasteiger partial charge in [0.25, 0.3) is 0 Å². The van der Waals surface area contributed by atoms with Gasteiger partial charge in [-0.05, 0) is 47.1 Å². The van der Waals surface area contributed by atoms with Crippen LogP contribution in [0.4, 0.5) is 9.59 Å². The Balaban J connectivity index is 1.50. The lowest BCUT2D eigenvalue weighted by atomic mass is 9.70. The molecule has 1 saturated heterocycles. The summed E-state index contributed by atoms with van der Waals surface area (Å²) < 4.78 is 29.6. The third-order valence-electron chi connectivity index (χ3n) is 9.61. The minimum Gasteiger partial charge on any atom is -0.463 e. The van der Waals surface area contributed by atoms with E-state index in [1.165, 1.54) is 6.92 Å². The van der Waals surface area contributed by atoms with Gasteiger partial charge in [-0.25, -0.2) is 9.59 Å². The largest absolute Gasteiger partial charge is 0.463 e. The van der Waals surface area contributed by atoms with E-state index < -0.39 is 42.7 Å². The van der Waals surface area contributed by atoms with Gasteiger partial charge in [-0.15, -0.1) is 0 Å². The molecule has 2 N–H and O–H groups in total. The fraction of sp³-hybridized carbons (Fsp3) is 0.571. The quantitative estimate of drug-likeness (QED) is 0.250. The second kappa shape index (κ2) is 16.1. The first-order valence-electron chi connectivity index (χ1n) is 15.9. The first-order chi connectivity index (χ1) is 21.5. The molecule has 2 aromatic rings. The summed E-state index contributed by atoms with van der Waals surface area (Å²) in [6.45, 7) is 12.2. The van der Waals surface area contributed by atoms with Crippen LogP contribution in [0, 0.1) is 29.6 Å². The number of esters is 1. The van der Waals surface area contributed by atoms with Crippen molar-refractivity contribution >= 4 is 18.2 Å². The summed E-state index contributed by atoms with van der Waals surface area (Å²) in [5.74, 6) is 0.0718. The van der Waals surface area contributed by atoms with Crippen molar-refractivity contribution in [1.29, 1.82) is 0 Å². The maximum atomic E-state index is 13.0. The average Bonchev–Trinajstić information content (AvgIpc) is 3.03. The maximum absolute atomic E-state index is 13.0. The summed E-state index contributed by atoms with van der Waals surface area (Å²) in [5, 5.41) is 6.04. The van der Waals surface area contributed by atoms with Crippen LogP contribution < -0.4 is 10.6 Å². The number of hydrogen-bond acceptors (Lipinski definition) is 8. The molecule has 1 saturated carbocycles. The van der Waals surface area contributed by atoms with E-state index in [-0.39, 0.29) is 43.6 Å². The van der Waals surface area contributed by atoms with Crippen molar-refractivity contribution in [1.82, 2.24) is 10.6 Å². The third-order valence-corrected chi connectivity index (χ3v) is 9.61. The number of rotatable bonds is 10. The Morgan fingerprint density at radius 3 is 1.84 bits per heavy atom. The highest BCUT2D eigenvalue weighted by Crippen LogP contribution is 2.39. The fourth-order valence-electron chi connectivity index (χ4n) is 6.27. The van der Waals surface area contributed by atoms with Crippen LogP contribution in [0.1, 0.15) is 59.1 Å². The molecule has 246 valence electrons. The molecule has 1 aliphatic carbocycles. The minimum atomic E-state index is -0.890. The predicted molar refractivity (Wildman–Crippen MR) is 168 cm³/mol. The van der Waals surface area contributed by atoms with Gasteiger partial charge >= 0.3 is 18.2 Å². The Hall–Kier alpha value is -3.63. The SMILES string of the molecule is CC(=O)OCC1O[C@H](O[C@@H]2C(NC(=O)OCc3ccccc3)C[C@@H](C)C(C)[C@H]2C)C(NC(=O)OCc2ccccc2)[C@@H](C)[C@@H]1C. The lowest BCUT2D eigenvalue weighted by molar-refractivity contribution is -0.272. The lowest BCUT2D eigenvalue weighted by Gasteiger charge is -2.49.